The van der Waals surface area contributed by atoms with Gasteiger partial charge in [-0.2, -0.15) is 0 Å². The minimum absolute atomic E-state index is 0.0325. The molecule has 0 fully saturated rings. The van der Waals surface area contributed by atoms with E-state index in [0.717, 1.165) is 34.8 Å². The minimum Gasteiger partial charge on any atom is -0.316 e. The van der Waals surface area contributed by atoms with Gasteiger partial charge in [-0.05, 0) is 43.9 Å². The fourth-order valence-electron chi connectivity index (χ4n) is 3.10. The molecule has 0 N–H and O–H groups in total. The fourth-order valence-corrected chi connectivity index (χ4v) is 3.10. The third-order valence-electron chi connectivity index (χ3n) is 4.03. The molecule has 3 rings (SSSR count). The Labute approximate surface area is 119 Å². The second-order valence-electron chi connectivity index (χ2n) is 6.58. The number of aryl methyl sites for hydroxylation is 2. The highest BCUT2D eigenvalue weighted by molar-refractivity contribution is 5.99. The van der Waals surface area contributed by atoms with Gasteiger partial charge in [0.1, 0.15) is 0 Å². The quantitative estimate of drug-likeness (QED) is 0.791. The molecule has 0 bridgehead atoms. The van der Waals surface area contributed by atoms with Gasteiger partial charge >= 0.3 is 0 Å². The maximum absolute atomic E-state index is 12.3. The van der Waals surface area contributed by atoms with E-state index in [2.05, 4.69) is 36.4 Å². The second-order valence-corrected chi connectivity index (χ2v) is 6.58. The number of Topliss-reactive ketones (excluding diaryl/α,β-unsaturated/α-hetero) is 1. The van der Waals surface area contributed by atoms with Crippen molar-refractivity contribution in [1.82, 2.24) is 9.55 Å². The summed E-state index contributed by atoms with van der Waals surface area (Å²) in [6.07, 6.45) is 3.44. The first-order valence-corrected chi connectivity index (χ1v) is 7.05. The maximum atomic E-state index is 12.3. The zero-order valence-electron chi connectivity index (χ0n) is 12.5. The van der Waals surface area contributed by atoms with Crippen molar-refractivity contribution in [3.8, 4) is 5.69 Å². The highest BCUT2D eigenvalue weighted by Gasteiger charge is 2.34. The monoisotopic (exact) mass is 268 g/mol. The van der Waals surface area contributed by atoms with E-state index in [1.54, 1.807) is 0 Å². The molecule has 2 heterocycles. The van der Waals surface area contributed by atoms with Gasteiger partial charge in [0.2, 0.25) is 0 Å². The van der Waals surface area contributed by atoms with Gasteiger partial charge in [0, 0.05) is 29.1 Å². The molecular formula is C17H20N2O. The summed E-state index contributed by atoms with van der Waals surface area (Å²) in [5.74, 6) is 0.262. The molecule has 20 heavy (non-hydrogen) atoms. The Balaban J connectivity index is 2.18. The van der Waals surface area contributed by atoms with Gasteiger partial charge in [0.15, 0.2) is 5.78 Å². The Morgan fingerprint density at radius 3 is 2.60 bits per heavy atom. The molecular weight excluding hydrogens is 248 g/mol. The minimum atomic E-state index is 0.0325. The number of nitrogens with zero attached hydrogens (tertiary/aromatic N) is 2. The predicted octanol–water partition coefficient (Wildman–Crippen LogP) is 3.64. The van der Waals surface area contributed by atoms with Crippen molar-refractivity contribution in [2.24, 2.45) is 5.41 Å². The van der Waals surface area contributed by atoms with Crippen molar-refractivity contribution < 1.29 is 4.79 Å². The Bertz CT molecular complexity index is 678. The molecule has 1 aliphatic carbocycles. The van der Waals surface area contributed by atoms with E-state index in [4.69, 9.17) is 0 Å². The van der Waals surface area contributed by atoms with Crippen molar-refractivity contribution in [3.05, 3.63) is 47.0 Å². The number of hydrogen-bond acceptors (Lipinski definition) is 2. The third kappa shape index (κ3) is 2.07. The number of carbonyl (C=O) groups is 1. The molecule has 2 aromatic rings. The number of rotatable bonds is 1. The van der Waals surface area contributed by atoms with E-state index in [0.29, 0.717) is 6.42 Å². The van der Waals surface area contributed by atoms with Gasteiger partial charge < -0.3 is 4.57 Å². The van der Waals surface area contributed by atoms with Crippen LogP contribution in [0.3, 0.4) is 0 Å². The van der Waals surface area contributed by atoms with Gasteiger partial charge in [-0.3, -0.25) is 9.78 Å². The molecule has 3 nitrogen and oxygen atoms in total. The smallest absolute Gasteiger partial charge is 0.165 e. The summed E-state index contributed by atoms with van der Waals surface area (Å²) in [6.45, 7) is 8.36. The molecule has 0 saturated carbocycles. The fraction of sp³-hybridized carbons (Fsp3) is 0.412. The maximum Gasteiger partial charge on any atom is 0.165 e. The summed E-state index contributed by atoms with van der Waals surface area (Å²) >= 11 is 0. The lowest BCUT2D eigenvalue weighted by Crippen LogP contribution is -2.27. The summed E-state index contributed by atoms with van der Waals surface area (Å²) < 4.78 is 2.18. The molecule has 0 spiro atoms. The zero-order valence-corrected chi connectivity index (χ0v) is 12.5. The van der Waals surface area contributed by atoms with Crippen molar-refractivity contribution in [2.75, 3.05) is 0 Å². The molecule has 0 unspecified atom stereocenters. The summed E-state index contributed by atoms with van der Waals surface area (Å²) in [5, 5.41) is 0. The van der Waals surface area contributed by atoms with Crippen LogP contribution < -0.4 is 0 Å². The van der Waals surface area contributed by atoms with Crippen LogP contribution in [-0.4, -0.2) is 15.3 Å². The topological polar surface area (TPSA) is 34.9 Å². The van der Waals surface area contributed by atoms with E-state index in [1.165, 1.54) is 0 Å². The second kappa shape index (κ2) is 4.30. The van der Waals surface area contributed by atoms with Gasteiger partial charge in [0.25, 0.3) is 0 Å². The van der Waals surface area contributed by atoms with Crippen LogP contribution >= 0.6 is 0 Å². The van der Waals surface area contributed by atoms with Crippen LogP contribution in [0.4, 0.5) is 0 Å². The number of ketones is 1. The largest absolute Gasteiger partial charge is 0.316 e. The lowest BCUT2D eigenvalue weighted by atomic mass is 9.76. The molecule has 0 saturated heterocycles. The Morgan fingerprint density at radius 2 is 1.95 bits per heavy atom. The predicted molar refractivity (Wildman–Crippen MR) is 79.5 cm³/mol. The van der Waals surface area contributed by atoms with E-state index in [1.807, 2.05) is 25.3 Å². The SMILES string of the molecule is Cc1ccc(-n2c(C)cc3c2CC(C)(C)CC3=O)cn1. The van der Waals surface area contributed by atoms with E-state index in [-0.39, 0.29) is 11.2 Å². The molecule has 2 aromatic heterocycles. The van der Waals surface area contributed by atoms with Crippen molar-refractivity contribution in [3.63, 3.8) is 0 Å². The van der Waals surface area contributed by atoms with Crippen LogP contribution in [-0.2, 0) is 6.42 Å². The van der Waals surface area contributed by atoms with E-state index >= 15 is 0 Å². The molecule has 1 aliphatic rings. The van der Waals surface area contributed by atoms with E-state index < -0.39 is 0 Å². The summed E-state index contributed by atoms with van der Waals surface area (Å²) in [6, 6.07) is 6.10. The van der Waals surface area contributed by atoms with Crippen LogP contribution in [0.15, 0.2) is 24.4 Å². The lowest BCUT2D eigenvalue weighted by molar-refractivity contribution is 0.0911. The molecule has 0 amide bonds. The standard InChI is InChI=1S/C17H20N2O/c1-11-5-6-13(10-18-11)19-12(2)7-14-15(19)8-17(3,4)9-16(14)20/h5-7,10H,8-9H2,1-4H3. The first-order chi connectivity index (χ1) is 9.37. The average Bonchev–Trinajstić information content (AvgIpc) is 2.66. The number of hydrogen-bond donors (Lipinski definition) is 0. The number of aromatic nitrogens is 2. The van der Waals surface area contributed by atoms with Crippen LogP contribution in [0.2, 0.25) is 0 Å². The van der Waals surface area contributed by atoms with Crippen molar-refractivity contribution >= 4 is 5.78 Å². The molecule has 0 atom stereocenters. The number of carbonyl (C=O) groups excluding carboxylic acids is 1. The third-order valence-corrected chi connectivity index (χ3v) is 4.03. The Hall–Kier alpha value is -1.90. The average molecular weight is 268 g/mol. The Kier molecular flexibility index (Phi) is 2.82. The molecule has 3 heteroatoms. The van der Waals surface area contributed by atoms with Gasteiger partial charge in [-0.1, -0.05) is 13.8 Å². The summed E-state index contributed by atoms with van der Waals surface area (Å²) in [5.41, 5.74) is 5.21. The van der Waals surface area contributed by atoms with Crippen LogP contribution in [0.25, 0.3) is 5.69 Å². The van der Waals surface area contributed by atoms with Crippen LogP contribution in [0.5, 0.6) is 0 Å². The highest BCUT2D eigenvalue weighted by atomic mass is 16.1. The van der Waals surface area contributed by atoms with E-state index in [9.17, 15) is 4.79 Å². The molecule has 0 aliphatic heterocycles. The van der Waals surface area contributed by atoms with Gasteiger partial charge in [-0.25, -0.2) is 0 Å². The van der Waals surface area contributed by atoms with Gasteiger partial charge in [0.05, 0.1) is 11.9 Å². The van der Waals surface area contributed by atoms with Crippen molar-refractivity contribution in [1.29, 1.82) is 0 Å². The molecule has 0 radical (unpaired) electrons. The zero-order chi connectivity index (χ0) is 14.5. The number of fused-ring (bicyclic) bond motifs is 1. The Morgan fingerprint density at radius 1 is 1.20 bits per heavy atom. The van der Waals surface area contributed by atoms with Crippen LogP contribution in [0, 0.1) is 19.3 Å². The lowest BCUT2D eigenvalue weighted by Gasteiger charge is -2.29. The first-order valence-electron chi connectivity index (χ1n) is 7.05. The first kappa shape index (κ1) is 13.1. The molecule has 0 aromatic carbocycles. The number of pyridine rings is 1. The summed E-state index contributed by atoms with van der Waals surface area (Å²) in [7, 11) is 0. The molecule has 104 valence electrons. The summed E-state index contributed by atoms with van der Waals surface area (Å²) in [4.78, 5) is 16.7. The normalized spacial score (nSPS) is 17.1. The highest BCUT2D eigenvalue weighted by Crippen LogP contribution is 2.37. The van der Waals surface area contributed by atoms with Crippen molar-refractivity contribution in [2.45, 2.75) is 40.5 Å². The van der Waals surface area contributed by atoms with Crippen LogP contribution in [0.1, 0.15) is 47.7 Å². The van der Waals surface area contributed by atoms with Gasteiger partial charge in [-0.15, -0.1) is 0 Å².